The van der Waals surface area contributed by atoms with Crippen LogP contribution in [0.5, 0.6) is 5.88 Å². The van der Waals surface area contributed by atoms with Crippen molar-refractivity contribution in [3.8, 4) is 5.88 Å². The maximum absolute atomic E-state index is 13.0. The molecule has 164 valence electrons. The summed E-state index contributed by atoms with van der Waals surface area (Å²) >= 11 is 1.63. The first-order chi connectivity index (χ1) is 15.2. The normalized spacial score (nSPS) is 13.2. The van der Waals surface area contributed by atoms with Gasteiger partial charge in [0.05, 0.1) is 18.3 Å². The molecule has 4 rings (SSSR count). The van der Waals surface area contributed by atoms with Crippen LogP contribution in [0.2, 0.25) is 0 Å². The van der Waals surface area contributed by atoms with E-state index in [0.717, 1.165) is 35.0 Å². The van der Waals surface area contributed by atoms with Gasteiger partial charge in [-0.3, -0.25) is 14.2 Å². The fourth-order valence-corrected chi connectivity index (χ4v) is 4.97. The summed E-state index contributed by atoms with van der Waals surface area (Å²) in [6.07, 6.45) is 7.65. The number of thiophene rings is 1. The lowest BCUT2D eigenvalue weighted by Gasteiger charge is -2.11. The zero-order chi connectivity index (χ0) is 21.6. The summed E-state index contributed by atoms with van der Waals surface area (Å²) in [5, 5.41) is 3.62. The van der Waals surface area contributed by atoms with Crippen LogP contribution in [0.1, 0.15) is 35.3 Å². The van der Waals surface area contributed by atoms with Crippen molar-refractivity contribution in [2.45, 2.75) is 45.2 Å². The first-order valence-electron chi connectivity index (χ1n) is 10.5. The maximum atomic E-state index is 13.0. The Kier molecular flexibility index (Phi) is 6.93. The van der Waals surface area contributed by atoms with E-state index in [0.29, 0.717) is 32.2 Å². The second-order valence-electron chi connectivity index (χ2n) is 7.47. The SMILES string of the molecule is COCCOc1ncccc1CNC(=O)CCn1cnc2sc3c(c2c1=O)CCCC3. The van der Waals surface area contributed by atoms with Gasteiger partial charge in [-0.2, -0.15) is 0 Å². The van der Waals surface area contributed by atoms with Crippen molar-refractivity contribution in [3.63, 3.8) is 0 Å². The standard InChI is InChI=1S/C22H26N4O4S/c1-29-11-12-30-20-15(5-4-9-23-20)13-24-18(27)8-10-26-14-25-21-19(22(26)28)16-6-2-3-7-17(16)31-21/h4-5,9,14H,2-3,6-8,10-13H2,1H3,(H,24,27). The Bertz CT molecular complexity index is 1120. The number of ether oxygens (including phenoxy) is 2. The maximum Gasteiger partial charge on any atom is 0.262 e. The summed E-state index contributed by atoms with van der Waals surface area (Å²) in [6, 6.07) is 3.66. The predicted octanol–water partition coefficient (Wildman–Crippen LogP) is 2.46. The van der Waals surface area contributed by atoms with Gasteiger partial charge in [-0.1, -0.05) is 6.07 Å². The molecule has 0 fully saturated rings. The van der Waals surface area contributed by atoms with E-state index in [1.165, 1.54) is 16.9 Å². The van der Waals surface area contributed by atoms with Gasteiger partial charge in [0.2, 0.25) is 11.8 Å². The lowest BCUT2D eigenvalue weighted by molar-refractivity contribution is -0.121. The molecule has 1 amide bonds. The number of carbonyl (C=O) groups is 1. The largest absolute Gasteiger partial charge is 0.475 e. The summed E-state index contributed by atoms with van der Waals surface area (Å²) in [6.45, 7) is 1.45. The lowest BCUT2D eigenvalue weighted by atomic mass is 9.97. The summed E-state index contributed by atoms with van der Waals surface area (Å²) in [5.41, 5.74) is 1.91. The van der Waals surface area contributed by atoms with Gasteiger partial charge in [-0.25, -0.2) is 9.97 Å². The molecule has 0 aliphatic heterocycles. The van der Waals surface area contributed by atoms with Gasteiger partial charge in [0, 0.05) is 43.3 Å². The van der Waals surface area contributed by atoms with Gasteiger partial charge >= 0.3 is 0 Å². The highest BCUT2D eigenvalue weighted by Gasteiger charge is 2.20. The average molecular weight is 443 g/mol. The lowest BCUT2D eigenvalue weighted by Crippen LogP contribution is -2.27. The Morgan fingerprint density at radius 3 is 3.00 bits per heavy atom. The van der Waals surface area contributed by atoms with E-state index in [2.05, 4.69) is 15.3 Å². The van der Waals surface area contributed by atoms with Crippen LogP contribution in [0.25, 0.3) is 10.2 Å². The van der Waals surface area contributed by atoms with Crippen LogP contribution in [0.15, 0.2) is 29.5 Å². The molecule has 0 unspecified atom stereocenters. The van der Waals surface area contributed by atoms with Gasteiger partial charge in [0.25, 0.3) is 5.56 Å². The van der Waals surface area contributed by atoms with E-state index < -0.39 is 0 Å². The van der Waals surface area contributed by atoms with Gasteiger partial charge in [0.1, 0.15) is 11.4 Å². The number of amides is 1. The Balaban J connectivity index is 1.37. The zero-order valence-corrected chi connectivity index (χ0v) is 18.4. The van der Waals surface area contributed by atoms with E-state index >= 15 is 0 Å². The number of aryl methyl sites for hydroxylation is 3. The number of carbonyl (C=O) groups excluding carboxylic acids is 1. The van der Waals surface area contributed by atoms with E-state index in [1.807, 2.05) is 6.07 Å². The summed E-state index contributed by atoms with van der Waals surface area (Å²) in [5.74, 6) is 0.332. The van der Waals surface area contributed by atoms with Crippen molar-refractivity contribution in [1.82, 2.24) is 19.9 Å². The molecule has 3 aromatic heterocycles. The van der Waals surface area contributed by atoms with Crippen molar-refractivity contribution < 1.29 is 14.3 Å². The first kappa shape index (κ1) is 21.5. The summed E-state index contributed by atoms with van der Waals surface area (Å²) in [7, 11) is 1.61. The number of fused-ring (bicyclic) bond motifs is 3. The number of pyridine rings is 1. The number of methoxy groups -OCH3 is 1. The number of rotatable bonds is 9. The molecule has 0 saturated heterocycles. The minimum atomic E-state index is -0.147. The van der Waals surface area contributed by atoms with Crippen molar-refractivity contribution >= 4 is 27.5 Å². The molecule has 1 N–H and O–H groups in total. The average Bonchev–Trinajstić information content (AvgIpc) is 3.17. The number of hydrogen-bond acceptors (Lipinski definition) is 7. The van der Waals surface area contributed by atoms with Crippen LogP contribution in [0.4, 0.5) is 0 Å². The molecule has 0 radical (unpaired) electrons. The van der Waals surface area contributed by atoms with Crippen LogP contribution >= 0.6 is 11.3 Å². The Hall–Kier alpha value is -2.78. The molecule has 0 atom stereocenters. The van der Waals surface area contributed by atoms with Crippen molar-refractivity contribution in [1.29, 1.82) is 0 Å². The fraction of sp³-hybridized carbons (Fsp3) is 0.455. The molecule has 0 bridgehead atoms. The number of hydrogen-bond donors (Lipinski definition) is 1. The van der Waals surface area contributed by atoms with E-state index in [-0.39, 0.29) is 17.9 Å². The summed E-state index contributed by atoms with van der Waals surface area (Å²) in [4.78, 5) is 36.2. The van der Waals surface area contributed by atoms with Crippen molar-refractivity contribution in [3.05, 3.63) is 51.0 Å². The van der Waals surface area contributed by atoms with Gasteiger partial charge in [-0.05, 0) is 37.3 Å². The third kappa shape index (κ3) is 4.94. The molecular formula is C22H26N4O4S. The fourth-order valence-electron chi connectivity index (χ4n) is 3.75. The van der Waals surface area contributed by atoms with Crippen LogP contribution in [0, 0.1) is 0 Å². The Morgan fingerprint density at radius 2 is 2.13 bits per heavy atom. The van der Waals surface area contributed by atoms with Crippen LogP contribution in [0.3, 0.4) is 0 Å². The predicted molar refractivity (Wildman–Crippen MR) is 119 cm³/mol. The second-order valence-corrected chi connectivity index (χ2v) is 8.55. The highest BCUT2D eigenvalue weighted by Crippen LogP contribution is 2.33. The van der Waals surface area contributed by atoms with Crippen LogP contribution in [-0.2, 0) is 35.5 Å². The van der Waals surface area contributed by atoms with E-state index in [9.17, 15) is 9.59 Å². The quantitative estimate of drug-likeness (QED) is 0.512. The number of aromatic nitrogens is 3. The van der Waals surface area contributed by atoms with Crippen molar-refractivity contribution in [2.24, 2.45) is 0 Å². The molecule has 8 nitrogen and oxygen atoms in total. The number of nitrogens with zero attached hydrogens (tertiary/aromatic N) is 3. The van der Waals surface area contributed by atoms with Crippen molar-refractivity contribution in [2.75, 3.05) is 20.3 Å². The third-order valence-corrected chi connectivity index (χ3v) is 6.57. The molecule has 0 saturated carbocycles. The van der Waals surface area contributed by atoms with Gasteiger partial charge < -0.3 is 14.8 Å². The van der Waals surface area contributed by atoms with E-state index in [1.54, 1.807) is 41.6 Å². The highest BCUT2D eigenvalue weighted by molar-refractivity contribution is 7.18. The molecule has 0 spiro atoms. The Labute approximate surface area is 184 Å². The Morgan fingerprint density at radius 1 is 1.26 bits per heavy atom. The first-order valence-corrected chi connectivity index (χ1v) is 11.3. The second kappa shape index (κ2) is 10.0. The molecular weight excluding hydrogens is 416 g/mol. The highest BCUT2D eigenvalue weighted by atomic mass is 32.1. The summed E-state index contributed by atoms with van der Waals surface area (Å²) < 4.78 is 12.1. The molecule has 0 aromatic carbocycles. The third-order valence-electron chi connectivity index (χ3n) is 5.37. The van der Waals surface area contributed by atoms with Crippen LogP contribution < -0.4 is 15.6 Å². The van der Waals surface area contributed by atoms with Crippen LogP contribution in [-0.4, -0.2) is 40.8 Å². The zero-order valence-electron chi connectivity index (χ0n) is 17.6. The molecule has 31 heavy (non-hydrogen) atoms. The molecule has 9 heteroatoms. The van der Waals surface area contributed by atoms with Gasteiger partial charge in [0.15, 0.2) is 0 Å². The monoisotopic (exact) mass is 442 g/mol. The molecule has 1 aliphatic carbocycles. The van der Waals surface area contributed by atoms with E-state index in [4.69, 9.17) is 9.47 Å². The number of nitrogens with one attached hydrogen (secondary N) is 1. The molecule has 3 aromatic rings. The topological polar surface area (TPSA) is 95.3 Å². The molecule has 1 aliphatic rings. The minimum Gasteiger partial charge on any atom is -0.475 e. The molecule has 3 heterocycles. The van der Waals surface area contributed by atoms with Gasteiger partial charge in [-0.15, -0.1) is 11.3 Å². The smallest absolute Gasteiger partial charge is 0.262 e. The minimum absolute atomic E-state index is 0.0433.